The van der Waals surface area contributed by atoms with E-state index in [1.807, 2.05) is 0 Å². The molecule has 5 nitrogen and oxygen atoms in total. The smallest absolute Gasteiger partial charge is 0.204 e. The minimum absolute atomic E-state index is 0.203. The maximum atomic E-state index is 13.9. The number of aliphatic imine (C=N–C) groups is 1. The fourth-order valence-corrected chi connectivity index (χ4v) is 4.82. The lowest BCUT2D eigenvalue weighted by Gasteiger charge is -2.32. The minimum Gasteiger partial charge on any atom is -0.369 e. The molecule has 0 spiro atoms. The highest BCUT2D eigenvalue weighted by Gasteiger charge is 2.33. The Kier molecular flexibility index (Phi) is 3.37. The van der Waals surface area contributed by atoms with Crippen molar-refractivity contribution >= 4 is 15.9 Å². The van der Waals surface area contributed by atoms with Gasteiger partial charge in [0.1, 0.15) is 15.7 Å². The summed E-state index contributed by atoms with van der Waals surface area (Å²) in [6, 6.07) is 5.88. The molecule has 2 atom stereocenters. The number of nitrogens with two attached hydrogens (primary N) is 1. The van der Waals surface area contributed by atoms with Crippen LogP contribution in [0.2, 0.25) is 0 Å². The molecule has 0 aliphatic carbocycles. The van der Waals surface area contributed by atoms with Gasteiger partial charge >= 0.3 is 0 Å². The number of guanidine groups is 1. The maximum absolute atomic E-state index is 13.9. The summed E-state index contributed by atoms with van der Waals surface area (Å²) in [5.74, 6) is 0.0634. The largest absolute Gasteiger partial charge is 0.369 e. The third kappa shape index (κ3) is 2.26. The van der Waals surface area contributed by atoms with E-state index in [-0.39, 0.29) is 17.5 Å². The van der Waals surface area contributed by atoms with Gasteiger partial charge in [0.25, 0.3) is 0 Å². The molecule has 7 heteroatoms. The average Bonchev–Trinajstić information content (AvgIpc) is 2.61. The molecule has 0 amide bonds. The lowest BCUT2D eigenvalue weighted by Crippen LogP contribution is -2.47. The van der Waals surface area contributed by atoms with Gasteiger partial charge in [-0.1, -0.05) is 18.2 Å². The van der Waals surface area contributed by atoms with Crippen molar-refractivity contribution in [2.45, 2.75) is 18.9 Å². The van der Waals surface area contributed by atoms with Crippen molar-refractivity contribution in [3.63, 3.8) is 0 Å². The number of benzene rings is 1. The van der Waals surface area contributed by atoms with E-state index in [9.17, 15) is 8.60 Å². The van der Waals surface area contributed by atoms with Crippen LogP contribution in [0, 0.1) is 5.82 Å². The molecule has 2 N–H and O–H groups in total. The van der Waals surface area contributed by atoms with Gasteiger partial charge in [-0.25, -0.2) is 18.0 Å². The number of hydrogen-bond donors (Lipinski definition) is 1. The van der Waals surface area contributed by atoms with Crippen LogP contribution in [0.1, 0.15) is 24.4 Å². The molecule has 0 aromatic heterocycles. The second-order valence-electron chi connectivity index (χ2n) is 4.96. The second-order valence-corrected chi connectivity index (χ2v) is 7.21. The van der Waals surface area contributed by atoms with Crippen molar-refractivity contribution in [2.75, 3.05) is 18.8 Å². The van der Waals surface area contributed by atoms with Crippen LogP contribution in [0.5, 0.6) is 0 Å². The normalized spacial score (nSPS) is 29.9. The summed E-state index contributed by atoms with van der Waals surface area (Å²) in [7, 11) is -2.60. The summed E-state index contributed by atoms with van der Waals surface area (Å²) in [5, 5.41) is 0. The van der Waals surface area contributed by atoms with E-state index in [0.29, 0.717) is 18.7 Å². The number of nitrogens with zero attached hydrogens (tertiary/aromatic N) is 3. The van der Waals surface area contributed by atoms with E-state index >= 15 is 0 Å². The van der Waals surface area contributed by atoms with E-state index in [2.05, 4.69) is 9.36 Å². The summed E-state index contributed by atoms with van der Waals surface area (Å²) in [6.45, 7) is 1.16. The van der Waals surface area contributed by atoms with Crippen LogP contribution in [0.3, 0.4) is 0 Å². The summed E-state index contributed by atoms with van der Waals surface area (Å²) in [4.78, 5) is 4.33. The van der Waals surface area contributed by atoms with Gasteiger partial charge in [0.2, 0.25) is 5.96 Å². The van der Waals surface area contributed by atoms with Gasteiger partial charge in [0.15, 0.2) is 0 Å². The van der Waals surface area contributed by atoms with Gasteiger partial charge in [0, 0.05) is 12.1 Å². The van der Waals surface area contributed by atoms with Crippen LogP contribution in [0.15, 0.2) is 33.6 Å². The number of rotatable bonds is 1. The molecule has 2 aliphatic heterocycles. The first-order valence-electron chi connectivity index (χ1n) is 6.66. The maximum Gasteiger partial charge on any atom is 0.204 e. The Hall–Kier alpha value is -1.63. The zero-order valence-electron chi connectivity index (χ0n) is 11.0. The third-order valence-corrected chi connectivity index (χ3v) is 5.98. The molecule has 0 fully saturated rings. The highest BCUT2D eigenvalue weighted by Crippen LogP contribution is 2.29. The quantitative estimate of drug-likeness (QED) is 0.856. The lowest BCUT2D eigenvalue weighted by molar-refractivity contribution is 0.538. The topological polar surface area (TPSA) is 71.0 Å². The molecule has 1 aromatic carbocycles. The van der Waals surface area contributed by atoms with Crippen molar-refractivity contribution in [1.82, 2.24) is 4.31 Å². The number of halogens is 1. The van der Waals surface area contributed by atoms with Gasteiger partial charge in [-0.15, -0.1) is 0 Å². The van der Waals surface area contributed by atoms with Gasteiger partial charge in [-0.2, -0.15) is 0 Å². The molecule has 108 valence electrons. The number of hydrogen-bond acceptors (Lipinski definition) is 4. The monoisotopic (exact) mass is 296 g/mol. The van der Waals surface area contributed by atoms with Crippen LogP contribution in [-0.2, 0) is 9.92 Å². The summed E-state index contributed by atoms with van der Waals surface area (Å²) in [6.07, 6.45) is 1.78. The second kappa shape index (κ2) is 5.05. The molecular formula is C13H17FN4OS. The van der Waals surface area contributed by atoms with Crippen LogP contribution >= 0.6 is 0 Å². The van der Waals surface area contributed by atoms with Gasteiger partial charge in [-0.3, -0.25) is 4.31 Å². The standard InChI is InChI=1S/C13H17FN4OS/c14-11-6-2-1-5-10(11)12-9-20(19)16-7-3-4-8-18(20)13(15)17-12/h1-2,5-6,12H,3-4,7-9H2,(H2,15,17)/t12-,20?/m0/s1. The molecule has 0 saturated carbocycles. The Morgan fingerprint density at radius 3 is 2.95 bits per heavy atom. The minimum atomic E-state index is -2.60. The summed E-state index contributed by atoms with van der Waals surface area (Å²) >= 11 is 0. The van der Waals surface area contributed by atoms with Crippen molar-refractivity contribution in [1.29, 1.82) is 0 Å². The molecular weight excluding hydrogens is 279 g/mol. The fourth-order valence-electron chi connectivity index (χ4n) is 2.56. The molecule has 1 unspecified atom stereocenters. The predicted molar refractivity (Wildman–Crippen MR) is 77.0 cm³/mol. The SMILES string of the molecule is NC1=N[C@H](c2ccccc2F)CS2(=O)=NCCCCN12. The zero-order valence-corrected chi connectivity index (χ0v) is 11.9. The summed E-state index contributed by atoms with van der Waals surface area (Å²) in [5.41, 5.74) is 6.36. The number of fused-ring (bicyclic) bond motifs is 1. The van der Waals surface area contributed by atoms with Gasteiger partial charge in [-0.05, 0) is 18.9 Å². The van der Waals surface area contributed by atoms with E-state index in [1.165, 1.54) is 6.07 Å². The molecule has 0 radical (unpaired) electrons. The molecule has 20 heavy (non-hydrogen) atoms. The van der Waals surface area contributed by atoms with E-state index in [4.69, 9.17) is 5.73 Å². The van der Waals surface area contributed by atoms with Crippen LogP contribution in [0.25, 0.3) is 0 Å². The van der Waals surface area contributed by atoms with Crippen LogP contribution in [-0.4, -0.2) is 33.3 Å². The Balaban J connectivity index is 2.05. The first-order valence-corrected chi connectivity index (χ1v) is 8.30. The van der Waals surface area contributed by atoms with E-state index in [0.717, 1.165) is 12.8 Å². The third-order valence-electron chi connectivity index (χ3n) is 3.59. The highest BCUT2D eigenvalue weighted by atomic mass is 32.2. The Labute approximate surface area is 118 Å². The molecule has 2 aliphatic rings. The zero-order chi connectivity index (χ0) is 14.2. The van der Waals surface area contributed by atoms with E-state index in [1.54, 1.807) is 22.5 Å². The van der Waals surface area contributed by atoms with Crippen LogP contribution < -0.4 is 5.73 Å². The summed E-state index contributed by atoms with van der Waals surface area (Å²) < 4.78 is 32.8. The van der Waals surface area contributed by atoms with E-state index < -0.39 is 16.0 Å². The Morgan fingerprint density at radius 1 is 1.35 bits per heavy atom. The Morgan fingerprint density at radius 2 is 2.15 bits per heavy atom. The molecule has 3 rings (SSSR count). The first-order chi connectivity index (χ1) is 9.60. The average molecular weight is 296 g/mol. The molecule has 0 saturated heterocycles. The first kappa shape index (κ1) is 13.4. The van der Waals surface area contributed by atoms with Gasteiger partial charge < -0.3 is 5.73 Å². The molecule has 1 aromatic rings. The predicted octanol–water partition coefficient (Wildman–Crippen LogP) is 1.67. The van der Waals surface area contributed by atoms with Crippen molar-refractivity contribution in [2.24, 2.45) is 15.1 Å². The molecule has 0 bridgehead atoms. The van der Waals surface area contributed by atoms with Crippen molar-refractivity contribution < 1.29 is 8.60 Å². The fraction of sp³-hybridized carbons (Fsp3) is 0.462. The Bertz CT molecular complexity index is 666. The lowest BCUT2D eigenvalue weighted by atomic mass is 10.1. The van der Waals surface area contributed by atoms with Crippen molar-refractivity contribution in [3.05, 3.63) is 35.6 Å². The highest BCUT2D eigenvalue weighted by molar-refractivity contribution is 7.92. The van der Waals surface area contributed by atoms with Crippen molar-refractivity contribution in [3.8, 4) is 0 Å². The van der Waals surface area contributed by atoms with Gasteiger partial charge in [0.05, 0.1) is 18.3 Å². The van der Waals surface area contributed by atoms with Crippen LogP contribution in [0.4, 0.5) is 4.39 Å². The molecule has 2 heterocycles.